The van der Waals surface area contributed by atoms with Crippen molar-refractivity contribution in [3.05, 3.63) is 35.4 Å². The number of likely N-dealkylation sites (tertiary alicyclic amines) is 1. The lowest BCUT2D eigenvalue weighted by Gasteiger charge is -2.37. The van der Waals surface area contributed by atoms with Crippen molar-refractivity contribution in [2.24, 2.45) is 0 Å². The maximum absolute atomic E-state index is 13.1. The van der Waals surface area contributed by atoms with Gasteiger partial charge >= 0.3 is 0 Å². The molecule has 0 atom stereocenters. The number of nitrogens with one attached hydrogen (secondary N) is 1. The summed E-state index contributed by atoms with van der Waals surface area (Å²) in [5, 5.41) is 3.08. The number of hydrogen-bond acceptors (Lipinski definition) is 3. The molecule has 5 nitrogen and oxygen atoms in total. The average Bonchev–Trinajstić information content (AvgIpc) is 2.97. The van der Waals surface area contributed by atoms with Crippen LogP contribution in [0.5, 0.6) is 0 Å². The van der Waals surface area contributed by atoms with Crippen LogP contribution < -0.4 is 5.32 Å². The van der Waals surface area contributed by atoms with Gasteiger partial charge in [0.25, 0.3) is 0 Å². The SMILES string of the molecule is Cc1ccccc1C1(C(=O)NCCCN2C(=O)CCC2=O)CCCCC1. The lowest BCUT2D eigenvalue weighted by Crippen LogP contribution is -2.47. The summed E-state index contributed by atoms with van der Waals surface area (Å²) in [5.41, 5.74) is 1.86. The molecule has 1 N–H and O–H groups in total. The summed E-state index contributed by atoms with van der Waals surface area (Å²) < 4.78 is 0. The Morgan fingerprint density at radius 3 is 2.38 bits per heavy atom. The van der Waals surface area contributed by atoms with Gasteiger partial charge in [-0.05, 0) is 37.3 Å². The summed E-state index contributed by atoms with van der Waals surface area (Å²) in [4.78, 5) is 37.8. The predicted molar refractivity (Wildman–Crippen MR) is 99.5 cm³/mol. The second kappa shape index (κ2) is 8.02. The highest BCUT2D eigenvalue weighted by atomic mass is 16.2. The smallest absolute Gasteiger partial charge is 0.230 e. The zero-order valence-corrected chi connectivity index (χ0v) is 15.6. The molecule has 3 amide bonds. The minimum atomic E-state index is -0.442. The van der Waals surface area contributed by atoms with Gasteiger partial charge in [-0.25, -0.2) is 0 Å². The first-order chi connectivity index (χ1) is 12.5. The molecule has 0 bridgehead atoms. The van der Waals surface area contributed by atoms with Gasteiger partial charge in [-0.3, -0.25) is 19.3 Å². The maximum atomic E-state index is 13.1. The van der Waals surface area contributed by atoms with Crippen LogP contribution in [-0.4, -0.2) is 35.7 Å². The fourth-order valence-corrected chi connectivity index (χ4v) is 4.36. The Kier molecular flexibility index (Phi) is 5.74. The van der Waals surface area contributed by atoms with Crippen molar-refractivity contribution >= 4 is 17.7 Å². The summed E-state index contributed by atoms with van der Waals surface area (Å²) in [6, 6.07) is 8.18. The van der Waals surface area contributed by atoms with E-state index in [9.17, 15) is 14.4 Å². The number of hydrogen-bond donors (Lipinski definition) is 1. The molecule has 5 heteroatoms. The molecule has 0 radical (unpaired) electrons. The first kappa shape index (κ1) is 18.6. The molecule has 1 aliphatic heterocycles. The van der Waals surface area contributed by atoms with Crippen LogP contribution in [0, 0.1) is 6.92 Å². The minimum Gasteiger partial charge on any atom is -0.355 e. The van der Waals surface area contributed by atoms with Gasteiger partial charge in [0.05, 0.1) is 5.41 Å². The molecule has 1 aromatic rings. The molecule has 1 saturated heterocycles. The zero-order valence-electron chi connectivity index (χ0n) is 15.6. The van der Waals surface area contributed by atoms with Crippen LogP contribution in [-0.2, 0) is 19.8 Å². The lowest BCUT2D eigenvalue weighted by molar-refractivity contribution is -0.138. The van der Waals surface area contributed by atoms with Crippen molar-refractivity contribution in [3.8, 4) is 0 Å². The first-order valence-corrected chi connectivity index (χ1v) is 9.72. The Bertz CT molecular complexity index is 676. The van der Waals surface area contributed by atoms with E-state index in [4.69, 9.17) is 0 Å². The Labute approximate surface area is 155 Å². The zero-order chi connectivity index (χ0) is 18.6. The highest BCUT2D eigenvalue weighted by molar-refractivity contribution is 6.01. The van der Waals surface area contributed by atoms with Crippen molar-refractivity contribution in [2.45, 2.75) is 63.7 Å². The Hall–Kier alpha value is -2.17. The molecule has 2 aliphatic rings. The highest BCUT2D eigenvalue weighted by Gasteiger charge is 2.41. The monoisotopic (exact) mass is 356 g/mol. The van der Waals surface area contributed by atoms with Gasteiger partial charge in [-0.15, -0.1) is 0 Å². The van der Waals surface area contributed by atoms with Crippen molar-refractivity contribution < 1.29 is 14.4 Å². The van der Waals surface area contributed by atoms with Gasteiger partial charge in [0, 0.05) is 25.9 Å². The Balaban J connectivity index is 1.63. The van der Waals surface area contributed by atoms with Crippen molar-refractivity contribution in [2.75, 3.05) is 13.1 Å². The number of amides is 3. The number of aryl methyl sites for hydroxylation is 1. The maximum Gasteiger partial charge on any atom is 0.230 e. The second-order valence-corrected chi connectivity index (χ2v) is 7.51. The number of rotatable bonds is 6. The fourth-order valence-electron chi connectivity index (χ4n) is 4.36. The fraction of sp³-hybridized carbons (Fsp3) is 0.571. The third-order valence-corrected chi connectivity index (χ3v) is 5.80. The van der Waals surface area contributed by atoms with Gasteiger partial charge in [0.2, 0.25) is 17.7 Å². The molecule has 1 aliphatic carbocycles. The van der Waals surface area contributed by atoms with Crippen LogP contribution in [0.3, 0.4) is 0 Å². The van der Waals surface area contributed by atoms with E-state index in [2.05, 4.69) is 24.4 Å². The van der Waals surface area contributed by atoms with E-state index in [0.717, 1.165) is 36.8 Å². The highest BCUT2D eigenvalue weighted by Crippen LogP contribution is 2.41. The minimum absolute atomic E-state index is 0.0885. The van der Waals surface area contributed by atoms with Crippen molar-refractivity contribution in [3.63, 3.8) is 0 Å². The molecular formula is C21H28N2O3. The van der Waals surface area contributed by atoms with E-state index < -0.39 is 5.41 Å². The topological polar surface area (TPSA) is 66.5 Å². The number of nitrogens with zero attached hydrogens (tertiary/aromatic N) is 1. The van der Waals surface area contributed by atoms with Crippen LogP contribution in [0.15, 0.2) is 24.3 Å². The summed E-state index contributed by atoms with van der Waals surface area (Å²) in [7, 11) is 0. The molecule has 1 saturated carbocycles. The molecule has 1 heterocycles. The molecular weight excluding hydrogens is 328 g/mol. The molecule has 2 fully saturated rings. The Morgan fingerprint density at radius 2 is 1.73 bits per heavy atom. The third-order valence-electron chi connectivity index (χ3n) is 5.80. The number of benzene rings is 1. The van der Waals surface area contributed by atoms with Gasteiger partial charge in [-0.1, -0.05) is 43.5 Å². The Morgan fingerprint density at radius 1 is 1.08 bits per heavy atom. The molecule has 3 rings (SSSR count). The molecule has 0 spiro atoms. The quantitative estimate of drug-likeness (QED) is 0.630. The van der Waals surface area contributed by atoms with Crippen LogP contribution in [0.1, 0.15) is 62.5 Å². The standard InChI is InChI=1S/C21H28N2O3/c1-16-8-3-4-9-17(16)21(12-5-2-6-13-21)20(26)22-14-7-15-23-18(24)10-11-19(23)25/h3-4,8-9H,2,5-7,10-15H2,1H3,(H,22,26). The summed E-state index contributed by atoms with van der Waals surface area (Å²) in [6.07, 6.45) is 6.33. The van der Waals surface area contributed by atoms with Crippen LogP contribution in [0.2, 0.25) is 0 Å². The van der Waals surface area contributed by atoms with Gasteiger partial charge in [-0.2, -0.15) is 0 Å². The predicted octanol–water partition coefficient (Wildman–Crippen LogP) is 2.85. The van der Waals surface area contributed by atoms with Crippen molar-refractivity contribution in [1.82, 2.24) is 10.2 Å². The molecule has 1 aromatic carbocycles. The third kappa shape index (κ3) is 3.67. The van der Waals surface area contributed by atoms with Crippen molar-refractivity contribution in [1.29, 1.82) is 0 Å². The van der Waals surface area contributed by atoms with Gasteiger partial charge in [0.15, 0.2) is 0 Å². The van der Waals surface area contributed by atoms with E-state index >= 15 is 0 Å². The lowest BCUT2D eigenvalue weighted by atomic mass is 9.67. The van der Waals surface area contributed by atoms with E-state index in [1.807, 2.05) is 12.1 Å². The molecule has 0 unspecified atom stereocenters. The number of imide groups is 1. The molecule has 26 heavy (non-hydrogen) atoms. The number of carbonyl (C=O) groups is 3. The van der Waals surface area contributed by atoms with E-state index in [0.29, 0.717) is 32.4 Å². The molecule has 140 valence electrons. The van der Waals surface area contributed by atoms with Gasteiger partial charge < -0.3 is 5.32 Å². The normalized spacial score (nSPS) is 19.7. The van der Waals surface area contributed by atoms with Crippen LogP contribution in [0.25, 0.3) is 0 Å². The average molecular weight is 356 g/mol. The van der Waals surface area contributed by atoms with Gasteiger partial charge in [0.1, 0.15) is 0 Å². The summed E-state index contributed by atoms with van der Waals surface area (Å²) in [5.74, 6) is -0.0967. The van der Waals surface area contributed by atoms with E-state index in [-0.39, 0.29) is 17.7 Å². The first-order valence-electron chi connectivity index (χ1n) is 9.72. The largest absolute Gasteiger partial charge is 0.355 e. The summed E-state index contributed by atoms with van der Waals surface area (Å²) >= 11 is 0. The summed E-state index contributed by atoms with van der Waals surface area (Å²) in [6.45, 7) is 2.96. The van der Waals surface area contributed by atoms with Crippen LogP contribution in [0.4, 0.5) is 0 Å². The van der Waals surface area contributed by atoms with E-state index in [1.165, 1.54) is 11.3 Å². The number of carbonyl (C=O) groups excluding carboxylic acids is 3. The van der Waals surface area contributed by atoms with E-state index in [1.54, 1.807) is 0 Å². The second-order valence-electron chi connectivity index (χ2n) is 7.51. The molecule has 0 aromatic heterocycles. The van der Waals surface area contributed by atoms with Crippen LogP contribution >= 0.6 is 0 Å².